The smallest absolute Gasteiger partial charge is 0.0103 e. The van der Waals surface area contributed by atoms with E-state index in [1.54, 1.807) is 0 Å². The van der Waals surface area contributed by atoms with Crippen LogP contribution in [0, 0.1) is 13.8 Å². The lowest BCUT2D eigenvalue weighted by Crippen LogP contribution is -1.81. The lowest BCUT2D eigenvalue weighted by Gasteiger charge is -2.06. The van der Waals surface area contributed by atoms with Crippen molar-refractivity contribution in [3.8, 4) is 0 Å². The predicted octanol–water partition coefficient (Wildman–Crippen LogP) is 7.32. The Morgan fingerprint density at radius 1 is 0.500 bits per heavy atom. The molecule has 0 heteroatoms. The summed E-state index contributed by atoms with van der Waals surface area (Å²) in [5, 5.41) is 5.39. The van der Waals surface area contributed by atoms with Crippen molar-refractivity contribution < 1.29 is 0 Å². The number of rotatable bonds is 0. The fourth-order valence-corrected chi connectivity index (χ4v) is 2.78. The van der Waals surface area contributed by atoms with E-state index in [0.29, 0.717) is 0 Å². The Hall–Kier alpha value is -2.60. The molecule has 0 saturated heterocycles. The summed E-state index contributed by atoms with van der Waals surface area (Å²) < 4.78 is 0. The predicted molar refractivity (Wildman–Crippen MR) is 109 cm³/mol. The third-order valence-electron chi connectivity index (χ3n) is 3.92. The Labute approximate surface area is 145 Å². The number of aryl methyl sites for hydroxylation is 2. The highest BCUT2D eigenvalue weighted by Crippen LogP contribution is 2.27. The molecule has 24 heavy (non-hydrogen) atoms. The van der Waals surface area contributed by atoms with Gasteiger partial charge in [-0.1, -0.05) is 104 Å². The highest BCUT2D eigenvalue weighted by molar-refractivity contribution is 6.08. The van der Waals surface area contributed by atoms with E-state index in [2.05, 4.69) is 80.6 Å². The van der Waals surface area contributed by atoms with Crippen molar-refractivity contribution in [2.75, 3.05) is 0 Å². The second-order valence-electron chi connectivity index (χ2n) is 5.61. The van der Waals surface area contributed by atoms with Crippen molar-refractivity contribution in [3.63, 3.8) is 0 Å². The van der Waals surface area contributed by atoms with Crippen LogP contribution in [0.4, 0.5) is 0 Å². The molecule has 0 saturated carbocycles. The standard InChI is InChI=1S/C15H12.C7H8.C2H6/c1-11-10-12-6-2-3-8-14(12)15-9-5-4-7-13(11)15;1-7-5-3-2-4-6-7;1-2/h2-10H,1H3;2-6H,1H3;1-2H3. The van der Waals surface area contributed by atoms with E-state index in [9.17, 15) is 0 Å². The molecule has 0 nitrogen and oxygen atoms in total. The van der Waals surface area contributed by atoms with Crippen molar-refractivity contribution in [2.24, 2.45) is 0 Å². The maximum atomic E-state index is 2.26. The van der Waals surface area contributed by atoms with Crippen LogP contribution >= 0.6 is 0 Å². The van der Waals surface area contributed by atoms with Gasteiger partial charge in [-0.25, -0.2) is 0 Å². The Morgan fingerprint density at radius 2 is 1.00 bits per heavy atom. The molecule has 0 spiro atoms. The van der Waals surface area contributed by atoms with Crippen molar-refractivity contribution in [3.05, 3.63) is 96.1 Å². The van der Waals surface area contributed by atoms with Gasteiger partial charge < -0.3 is 0 Å². The maximum absolute atomic E-state index is 2.26. The summed E-state index contributed by atoms with van der Waals surface area (Å²) in [6, 6.07) is 29.7. The molecule has 0 radical (unpaired) electrons. The van der Waals surface area contributed by atoms with E-state index < -0.39 is 0 Å². The lowest BCUT2D eigenvalue weighted by molar-refractivity contribution is 1.48. The number of fused-ring (bicyclic) bond motifs is 3. The number of benzene rings is 4. The van der Waals surface area contributed by atoms with Gasteiger partial charge in [0.15, 0.2) is 0 Å². The molecule has 0 aromatic heterocycles. The number of hydrogen-bond donors (Lipinski definition) is 0. The molecule has 0 N–H and O–H groups in total. The molecule has 0 fully saturated rings. The first-order valence-electron chi connectivity index (χ1n) is 8.64. The zero-order valence-electron chi connectivity index (χ0n) is 15.1. The third-order valence-corrected chi connectivity index (χ3v) is 3.92. The molecule has 122 valence electrons. The van der Waals surface area contributed by atoms with Crippen LogP contribution in [0.15, 0.2) is 84.9 Å². The summed E-state index contributed by atoms with van der Waals surface area (Å²) in [4.78, 5) is 0. The fraction of sp³-hybridized carbons (Fsp3) is 0.167. The summed E-state index contributed by atoms with van der Waals surface area (Å²) in [6.45, 7) is 8.26. The Kier molecular flexibility index (Phi) is 6.57. The topological polar surface area (TPSA) is 0 Å². The highest BCUT2D eigenvalue weighted by atomic mass is 14.1. The average Bonchev–Trinajstić information content (AvgIpc) is 2.65. The zero-order valence-corrected chi connectivity index (χ0v) is 15.1. The van der Waals surface area contributed by atoms with Crippen LogP contribution in [-0.2, 0) is 0 Å². The lowest BCUT2D eigenvalue weighted by atomic mass is 9.98. The maximum Gasteiger partial charge on any atom is -0.0103 e. The van der Waals surface area contributed by atoms with Gasteiger partial charge in [-0.15, -0.1) is 0 Å². The molecule has 0 bridgehead atoms. The van der Waals surface area contributed by atoms with E-state index in [-0.39, 0.29) is 0 Å². The van der Waals surface area contributed by atoms with Crippen LogP contribution in [0.25, 0.3) is 21.5 Å². The molecule has 0 amide bonds. The Balaban J connectivity index is 0.000000196. The summed E-state index contributed by atoms with van der Waals surface area (Å²) >= 11 is 0. The van der Waals surface area contributed by atoms with Crippen molar-refractivity contribution in [1.29, 1.82) is 0 Å². The van der Waals surface area contributed by atoms with Gasteiger partial charge in [-0.3, -0.25) is 0 Å². The highest BCUT2D eigenvalue weighted by Gasteiger charge is 2.01. The molecule has 4 aromatic carbocycles. The van der Waals surface area contributed by atoms with Crippen molar-refractivity contribution in [2.45, 2.75) is 27.7 Å². The second kappa shape index (κ2) is 8.88. The number of hydrogen-bond acceptors (Lipinski definition) is 0. The summed E-state index contributed by atoms with van der Waals surface area (Å²) in [5.41, 5.74) is 2.67. The van der Waals surface area contributed by atoms with Crippen molar-refractivity contribution >= 4 is 21.5 Å². The van der Waals surface area contributed by atoms with E-state index in [1.807, 2.05) is 32.0 Å². The van der Waals surface area contributed by atoms with Gasteiger partial charge in [0.1, 0.15) is 0 Å². The SMILES string of the molecule is CC.Cc1cc2ccccc2c2ccccc12.Cc1ccccc1. The van der Waals surface area contributed by atoms with Crippen molar-refractivity contribution in [1.82, 2.24) is 0 Å². The molecule has 0 atom stereocenters. The van der Waals surface area contributed by atoms with Crippen LogP contribution in [0.3, 0.4) is 0 Å². The van der Waals surface area contributed by atoms with Gasteiger partial charge in [0, 0.05) is 0 Å². The van der Waals surface area contributed by atoms with Gasteiger partial charge in [0.25, 0.3) is 0 Å². The first-order valence-corrected chi connectivity index (χ1v) is 8.64. The van der Waals surface area contributed by atoms with Gasteiger partial charge in [0.2, 0.25) is 0 Å². The van der Waals surface area contributed by atoms with Crippen LogP contribution in [0.2, 0.25) is 0 Å². The summed E-state index contributed by atoms with van der Waals surface area (Å²) in [5.74, 6) is 0. The van der Waals surface area contributed by atoms with Crippen LogP contribution in [0.5, 0.6) is 0 Å². The Bertz CT molecular complexity index is 889. The fourth-order valence-electron chi connectivity index (χ4n) is 2.78. The molecule has 0 aliphatic carbocycles. The normalized spacial score (nSPS) is 9.67. The first-order chi connectivity index (χ1) is 11.8. The minimum atomic E-state index is 1.32. The largest absolute Gasteiger partial charge is 0.0683 e. The minimum Gasteiger partial charge on any atom is -0.0683 e. The molecule has 4 aromatic rings. The zero-order chi connectivity index (χ0) is 17.4. The van der Waals surface area contributed by atoms with Gasteiger partial charge >= 0.3 is 0 Å². The van der Waals surface area contributed by atoms with Crippen LogP contribution < -0.4 is 0 Å². The van der Waals surface area contributed by atoms with E-state index in [0.717, 1.165) is 0 Å². The summed E-state index contributed by atoms with van der Waals surface area (Å²) in [6.07, 6.45) is 0. The van der Waals surface area contributed by atoms with Gasteiger partial charge in [0.05, 0.1) is 0 Å². The molecule has 0 heterocycles. The minimum absolute atomic E-state index is 1.32. The molecular weight excluding hydrogens is 288 g/mol. The van der Waals surface area contributed by atoms with E-state index in [1.165, 1.54) is 32.7 Å². The third kappa shape index (κ3) is 4.23. The Morgan fingerprint density at radius 3 is 1.58 bits per heavy atom. The monoisotopic (exact) mass is 314 g/mol. The van der Waals surface area contributed by atoms with E-state index >= 15 is 0 Å². The van der Waals surface area contributed by atoms with Gasteiger partial charge in [-0.2, -0.15) is 0 Å². The molecule has 0 aliphatic heterocycles. The second-order valence-corrected chi connectivity index (χ2v) is 5.61. The summed E-state index contributed by atoms with van der Waals surface area (Å²) in [7, 11) is 0. The molecule has 0 aliphatic rings. The molecular formula is C24H26. The quantitative estimate of drug-likeness (QED) is 0.298. The molecule has 0 unspecified atom stereocenters. The van der Waals surface area contributed by atoms with Crippen LogP contribution in [-0.4, -0.2) is 0 Å². The first kappa shape index (κ1) is 17.7. The van der Waals surface area contributed by atoms with Gasteiger partial charge in [-0.05, 0) is 41.0 Å². The van der Waals surface area contributed by atoms with Crippen LogP contribution in [0.1, 0.15) is 25.0 Å². The average molecular weight is 314 g/mol. The molecule has 4 rings (SSSR count). The van der Waals surface area contributed by atoms with E-state index in [4.69, 9.17) is 0 Å².